The smallest absolute Gasteiger partial charge is 0.225 e. The number of anilines is 2. The number of hydrogen-bond donors (Lipinski definition) is 0. The predicted octanol–water partition coefficient (Wildman–Crippen LogP) is 5.09. The lowest BCUT2D eigenvalue weighted by atomic mass is 10.2. The minimum atomic E-state index is 0.833. The van der Waals surface area contributed by atoms with Crippen LogP contribution in [0.1, 0.15) is 30.7 Å². The van der Waals surface area contributed by atoms with Crippen LogP contribution in [0.5, 0.6) is 11.5 Å². The average Bonchev–Trinajstić information content (AvgIpc) is 3.03. The number of rotatable bonds is 14. The molecule has 4 aromatic rings. The van der Waals surface area contributed by atoms with Gasteiger partial charge in [-0.15, -0.1) is 0 Å². The summed E-state index contributed by atoms with van der Waals surface area (Å²) in [6.07, 6.45) is 11.4. The molecule has 2 aromatic carbocycles. The predicted molar refractivity (Wildman–Crippen MR) is 165 cm³/mol. The van der Waals surface area contributed by atoms with Crippen molar-refractivity contribution in [2.75, 3.05) is 38.3 Å². The van der Waals surface area contributed by atoms with E-state index in [1.54, 1.807) is 14.2 Å². The molecule has 0 spiro atoms. The molecule has 0 saturated carbocycles. The Bertz CT molecular complexity index is 1310. The van der Waals surface area contributed by atoms with Crippen molar-refractivity contribution in [1.29, 1.82) is 0 Å². The molecule has 0 N–H and O–H groups in total. The molecule has 2 heterocycles. The van der Waals surface area contributed by atoms with Crippen LogP contribution in [-0.4, -0.2) is 40.7 Å². The van der Waals surface area contributed by atoms with Gasteiger partial charge >= 0.3 is 0 Å². The largest absolute Gasteiger partial charge is 0.497 e. The first-order chi connectivity index (χ1) is 20.1. The number of hydrazone groups is 2. The van der Waals surface area contributed by atoms with Crippen LogP contribution in [-0.2, 0) is 13.1 Å². The van der Waals surface area contributed by atoms with E-state index >= 15 is 0 Å². The fraction of sp³-hybridized carbons (Fsp3) is 0.273. The summed E-state index contributed by atoms with van der Waals surface area (Å²) in [5.41, 5.74) is 4.15. The average molecular weight is 553 g/mol. The van der Waals surface area contributed by atoms with E-state index in [-0.39, 0.29) is 0 Å². The minimum Gasteiger partial charge on any atom is -0.497 e. The molecule has 0 saturated heterocycles. The molecule has 0 amide bonds. The van der Waals surface area contributed by atoms with Crippen molar-refractivity contribution in [1.82, 2.24) is 0 Å². The van der Waals surface area contributed by atoms with Gasteiger partial charge in [0, 0.05) is 51.2 Å². The molecule has 2 aromatic heterocycles. The highest BCUT2D eigenvalue weighted by Crippen LogP contribution is 2.19. The zero-order valence-electron chi connectivity index (χ0n) is 24.4. The van der Waals surface area contributed by atoms with Crippen molar-refractivity contribution in [3.63, 3.8) is 0 Å². The van der Waals surface area contributed by atoms with E-state index in [1.165, 1.54) is 0 Å². The second kappa shape index (κ2) is 15.2. The maximum atomic E-state index is 5.25. The summed E-state index contributed by atoms with van der Waals surface area (Å²) < 4.78 is 15.0. The van der Waals surface area contributed by atoms with Crippen LogP contribution >= 0.6 is 0 Å². The molecule has 0 bridgehead atoms. The molecule has 212 valence electrons. The first kappa shape index (κ1) is 29.3. The van der Waals surface area contributed by atoms with Crippen LogP contribution in [0.2, 0.25) is 0 Å². The maximum Gasteiger partial charge on any atom is 0.225 e. The van der Waals surface area contributed by atoms with Crippen molar-refractivity contribution >= 4 is 23.8 Å². The van der Waals surface area contributed by atoms with E-state index < -0.39 is 0 Å². The summed E-state index contributed by atoms with van der Waals surface area (Å²) in [6.45, 7) is 1.88. The van der Waals surface area contributed by atoms with Crippen LogP contribution in [0, 0.1) is 0 Å². The van der Waals surface area contributed by atoms with Gasteiger partial charge in [-0.25, -0.2) is 0 Å². The second-order valence-electron chi connectivity index (χ2n) is 9.63. The van der Waals surface area contributed by atoms with Gasteiger partial charge in [0.1, 0.15) is 37.0 Å². The summed E-state index contributed by atoms with van der Waals surface area (Å²) in [5.74, 6) is 1.67. The van der Waals surface area contributed by atoms with Gasteiger partial charge in [0.15, 0.2) is 12.4 Å². The zero-order valence-corrected chi connectivity index (χ0v) is 24.4. The Morgan fingerprint density at radius 3 is 1.39 bits per heavy atom. The summed E-state index contributed by atoms with van der Waals surface area (Å²) >= 11 is 0. The van der Waals surface area contributed by atoms with Crippen molar-refractivity contribution in [2.24, 2.45) is 10.2 Å². The molecule has 0 radical (unpaired) electrons. The number of aromatic nitrogens is 2. The SMILES string of the molecule is COc1ccc(N(C)/N=C/c2cccc[n+]2CCCCC[n+]2ccccc2/C=N/N(C)c2ccc(OC)cc2)cc1. The highest BCUT2D eigenvalue weighted by Gasteiger charge is 2.11. The van der Waals surface area contributed by atoms with E-state index in [0.717, 1.165) is 66.6 Å². The molecular formula is C33H40N6O2+2. The van der Waals surface area contributed by atoms with Gasteiger partial charge in [0.25, 0.3) is 0 Å². The topological polar surface area (TPSA) is 57.4 Å². The van der Waals surface area contributed by atoms with E-state index in [0.29, 0.717) is 0 Å². The number of methoxy groups -OCH3 is 2. The molecule has 0 atom stereocenters. The number of unbranched alkanes of at least 4 members (excludes halogenated alkanes) is 2. The number of ether oxygens (including phenoxy) is 2. The molecule has 41 heavy (non-hydrogen) atoms. The fourth-order valence-corrected chi connectivity index (χ4v) is 4.38. The number of hydrogen-bond acceptors (Lipinski definition) is 6. The highest BCUT2D eigenvalue weighted by molar-refractivity contribution is 5.76. The second-order valence-corrected chi connectivity index (χ2v) is 9.63. The Labute approximate surface area is 243 Å². The van der Waals surface area contributed by atoms with E-state index in [1.807, 2.05) is 97.2 Å². The summed E-state index contributed by atoms with van der Waals surface area (Å²) in [5, 5.41) is 13.0. The molecule has 4 rings (SSSR count). The maximum absolute atomic E-state index is 5.25. The van der Waals surface area contributed by atoms with Gasteiger partial charge < -0.3 is 9.47 Å². The molecule has 0 aliphatic heterocycles. The van der Waals surface area contributed by atoms with Crippen molar-refractivity contribution in [2.45, 2.75) is 32.4 Å². The first-order valence-electron chi connectivity index (χ1n) is 13.9. The van der Waals surface area contributed by atoms with E-state index in [4.69, 9.17) is 9.47 Å². The molecule has 0 aliphatic rings. The molecule has 8 heteroatoms. The van der Waals surface area contributed by atoms with E-state index in [9.17, 15) is 0 Å². The van der Waals surface area contributed by atoms with Crippen molar-refractivity contribution < 1.29 is 18.6 Å². The van der Waals surface area contributed by atoms with Gasteiger partial charge in [-0.2, -0.15) is 19.3 Å². The quantitative estimate of drug-likeness (QED) is 0.0947. The standard InChI is InChI=1S/C33H40N6O2/c1-36(28-14-18-32(40-3)19-15-28)34-26-30-12-6-10-24-38(30)22-8-5-9-23-39-25-11-7-13-31(39)27-35-37(2)29-16-20-33(41-4)21-17-29/h6-7,10-21,24-27H,5,8-9,22-23H2,1-4H3/q+2. The summed E-state index contributed by atoms with van der Waals surface area (Å²) in [6, 6.07) is 28.2. The molecule has 0 fully saturated rings. The highest BCUT2D eigenvalue weighted by atomic mass is 16.5. The Kier molecular flexibility index (Phi) is 10.8. The van der Waals surface area contributed by atoms with Crippen molar-refractivity contribution in [3.8, 4) is 11.5 Å². The Balaban J connectivity index is 1.27. The Morgan fingerprint density at radius 2 is 1.00 bits per heavy atom. The lowest BCUT2D eigenvalue weighted by Gasteiger charge is -2.13. The van der Waals surface area contributed by atoms with Gasteiger partial charge in [-0.05, 0) is 67.1 Å². The molecule has 0 unspecified atom stereocenters. The van der Waals surface area contributed by atoms with Crippen LogP contribution in [0.3, 0.4) is 0 Å². The molecule has 8 nitrogen and oxygen atoms in total. The Morgan fingerprint density at radius 1 is 0.585 bits per heavy atom. The minimum absolute atomic E-state index is 0.833. The van der Waals surface area contributed by atoms with Crippen LogP contribution in [0.25, 0.3) is 0 Å². The van der Waals surface area contributed by atoms with Gasteiger partial charge in [0.2, 0.25) is 11.4 Å². The summed E-state index contributed by atoms with van der Waals surface area (Å²) in [4.78, 5) is 0. The third-order valence-electron chi connectivity index (χ3n) is 6.87. The lowest BCUT2D eigenvalue weighted by molar-refractivity contribution is -0.701. The molecular weight excluding hydrogens is 512 g/mol. The van der Waals surface area contributed by atoms with E-state index in [2.05, 4.69) is 56.0 Å². The number of benzene rings is 2. The fourth-order valence-electron chi connectivity index (χ4n) is 4.38. The third-order valence-corrected chi connectivity index (χ3v) is 6.87. The monoisotopic (exact) mass is 552 g/mol. The van der Waals surface area contributed by atoms with Crippen LogP contribution < -0.4 is 28.6 Å². The number of aryl methyl sites for hydroxylation is 2. The number of nitrogens with zero attached hydrogens (tertiary/aromatic N) is 6. The van der Waals surface area contributed by atoms with Crippen LogP contribution in [0.4, 0.5) is 11.4 Å². The van der Waals surface area contributed by atoms with Gasteiger partial charge in [-0.1, -0.05) is 0 Å². The molecule has 0 aliphatic carbocycles. The lowest BCUT2D eigenvalue weighted by Crippen LogP contribution is -2.39. The van der Waals surface area contributed by atoms with Gasteiger partial charge in [0.05, 0.1) is 25.6 Å². The third kappa shape index (κ3) is 8.63. The van der Waals surface area contributed by atoms with Crippen LogP contribution in [0.15, 0.2) is 108 Å². The summed E-state index contributed by atoms with van der Waals surface area (Å²) in [7, 11) is 7.23. The van der Waals surface area contributed by atoms with Crippen molar-refractivity contribution in [3.05, 3.63) is 109 Å². The zero-order chi connectivity index (χ0) is 28.9. The number of pyridine rings is 2. The first-order valence-corrected chi connectivity index (χ1v) is 13.9. The normalized spacial score (nSPS) is 11.2. The Hall–Kier alpha value is -4.72. The van der Waals surface area contributed by atoms with Gasteiger partial charge in [-0.3, -0.25) is 10.0 Å².